The van der Waals surface area contributed by atoms with Crippen LogP contribution in [0.2, 0.25) is 0 Å². The van der Waals surface area contributed by atoms with E-state index in [0.717, 1.165) is 22.4 Å². The number of hydrogen-bond acceptors (Lipinski definition) is 5. The predicted molar refractivity (Wildman–Crippen MR) is 101 cm³/mol. The molecule has 1 aromatic carbocycles. The van der Waals surface area contributed by atoms with Gasteiger partial charge in [-0.1, -0.05) is 11.6 Å². The lowest BCUT2D eigenvalue weighted by atomic mass is 9.99. The van der Waals surface area contributed by atoms with Crippen LogP contribution in [0.5, 0.6) is 0 Å². The number of carbonyl (C=O) groups is 2. The Morgan fingerprint density at radius 3 is 2.52 bits per heavy atom. The fraction of sp³-hybridized carbons (Fsp3) is 0.316. The fourth-order valence-corrected chi connectivity index (χ4v) is 2.99. The molecule has 0 saturated heterocycles. The second kappa shape index (κ2) is 8.07. The van der Waals surface area contributed by atoms with E-state index in [0.29, 0.717) is 5.13 Å². The number of anilines is 1. The Labute approximate surface area is 151 Å². The van der Waals surface area contributed by atoms with Crippen LogP contribution in [0.25, 0.3) is 11.3 Å². The van der Waals surface area contributed by atoms with Crippen LogP contribution in [0.3, 0.4) is 0 Å². The number of thiazole rings is 1. The van der Waals surface area contributed by atoms with Crippen molar-refractivity contribution in [3.63, 3.8) is 0 Å². The molecule has 0 aliphatic rings. The van der Waals surface area contributed by atoms with Gasteiger partial charge in [0.15, 0.2) is 11.7 Å². The lowest BCUT2D eigenvalue weighted by Crippen LogP contribution is -2.20. The van der Waals surface area contributed by atoms with Crippen molar-refractivity contribution >= 4 is 28.3 Å². The van der Waals surface area contributed by atoms with Gasteiger partial charge in [0.05, 0.1) is 5.69 Å². The van der Waals surface area contributed by atoms with Gasteiger partial charge >= 0.3 is 5.97 Å². The van der Waals surface area contributed by atoms with Crippen molar-refractivity contribution in [3.8, 4) is 11.3 Å². The van der Waals surface area contributed by atoms with Crippen molar-refractivity contribution < 1.29 is 14.3 Å². The first kappa shape index (κ1) is 18.9. The van der Waals surface area contributed by atoms with Gasteiger partial charge < -0.3 is 4.74 Å². The first-order valence-corrected chi connectivity index (χ1v) is 8.79. The molecular weight excluding hydrogens is 336 g/mol. The number of esters is 1. The average Bonchev–Trinajstić information content (AvgIpc) is 2.96. The molecule has 5 nitrogen and oxygen atoms in total. The van der Waals surface area contributed by atoms with Crippen molar-refractivity contribution in [3.05, 3.63) is 45.9 Å². The van der Waals surface area contributed by atoms with E-state index in [1.54, 1.807) is 13.8 Å². The Kier molecular flexibility index (Phi) is 6.09. The summed E-state index contributed by atoms with van der Waals surface area (Å²) in [5.74, 6) is -0.936. The zero-order valence-corrected chi connectivity index (χ0v) is 15.9. The summed E-state index contributed by atoms with van der Waals surface area (Å²) in [6.07, 6.45) is 1.34. The number of aromatic nitrogens is 1. The maximum atomic E-state index is 11.9. The highest BCUT2D eigenvalue weighted by molar-refractivity contribution is 7.14. The highest BCUT2D eigenvalue weighted by Crippen LogP contribution is 2.29. The largest absolute Gasteiger partial charge is 0.452 e. The number of nitrogens with one attached hydrogen (secondary N) is 1. The lowest BCUT2D eigenvalue weighted by Gasteiger charge is -2.07. The van der Waals surface area contributed by atoms with E-state index in [9.17, 15) is 9.59 Å². The predicted octanol–water partition coefficient (Wildman–Crippen LogP) is 4.18. The molecule has 0 bridgehead atoms. The Morgan fingerprint density at radius 2 is 1.84 bits per heavy atom. The number of amides is 1. The number of allylic oxidation sites excluding steroid dienone is 1. The molecular formula is C19H22N2O3S. The molecule has 0 radical (unpaired) electrons. The third-order valence-electron chi connectivity index (χ3n) is 3.62. The molecule has 1 N–H and O–H groups in total. The molecule has 132 valence electrons. The summed E-state index contributed by atoms with van der Waals surface area (Å²) in [7, 11) is 0. The Bertz CT molecular complexity index is 833. The minimum Gasteiger partial charge on any atom is -0.452 e. The molecule has 1 amide bonds. The van der Waals surface area contributed by atoms with Gasteiger partial charge in [-0.15, -0.1) is 11.3 Å². The number of carbonyl (C=O) groups excluding carboxylic acids is 2. The average molecular weight is 358 g/mol. The summed E-state index contributed by atoms with van der Waals surface area (Å²) in [6.45, 7) is 9.42. The Morgan fingerprint density at radius 1 is 1.16 bits per heavy atom. The summed E-state index contributed by atoms with van der Waals surface area (Å²) < 4.78 is 4.88. The van der Waals surface area contributed by atoms with Gasteiger partial charge in [0.25, 0.3) is 5.91 Å². The van der Waals surface area contributed by atoms with Gasteiger partial charge in [0.2, 0.25) is 0 Å². The fourth-order valence-electron chi connectivity index (χ4n) is 2.26. The molecule has 0 atom stereocenters. The second-order valence-corrected chi connectivity index (χ2v) is 7.02. The minimum absolute atomic E-state index is 0.333. The number of nitrogens with zero attached hydrogens (tertiary/aromatic N) is 1. The molecule has 6 heteroatoms. The van der Waals surface area contributed by atoms with Crippen LogP contribution in [0.4, 0.5) is 5.13 Å². The SMILES string of the molecule is CC(C)=CC(=O)OCC(=O)Nc1nc(-c2cc(C)c(C)cc2C)cs1. The molecule has 2 rings (SSSR count). The molecule has 1 heterocycles. The number of aryl methyl sites for hydroxylation is 3. The highest BCUT2D eigenvalue weighted by Gasteiger charge is 2.12. The first-order chi connectivity index (χ1) is 11.8. The van der Waals surface area contributed by atoms with Crippen molar-refractivity contribution in [1.29, 1.82) is 0 Å². The van der Waals surface area contributed by atoms with Crippen molar-refractivity contribution in [1.82, 2.24) is 4.98 Å². The van der Waals surface area contributed by atoms with Crippen LogP contribution in [0.15, 0.2) is 29.2 Å². The Hall–Kier alpha value is -2.47. The zero-order valence-electron chi connectivity index (χ0n) is 15.1. The molecule has 25 heavy (non-hydrogen) atoms. The van der Waals surface area contributed by atoms with Crippen LogP contribution < -0.4 is 5.32 Å². The van der Waals surface area contributed by atoms with Crippen LogP contribution in [-0.4, -0.2) is 23.5 Å². The first-order valence-electron chi connectivity index (χ1n) is 7.91. The number of ether oxygens (including phenoxy) is 1. The van der Waals surface area contributed by atoms with Crippen LogP contribution in [0.1, 0.15) is 30.5 Å². The number of rotatable bonds is 5. The maximum absolute atomic E-state index is 11.9. The van der Waals surface area contributed by atoms with Crippen LogP contribution in [0, 0.1) is 20.8 Å². The van der Waals surface area contributed by atoms with E-state index in [4.69, 9.17) is 4.74 Å². The zero-order chi connectivity index (χ0) is 18.6. The molecule has 0 unspecified atom stereocenters. The molecule has 0 aliphatic carbocycles. The number of hydrogen-bond donors (Lipinski definition) is 1. The van der Waals surface area contributed by atoms with Gasteiger partial charge in [-0.3, -0.25) is 10.1 Å². The monoisotopic (exact) mass is 358 g/mol. The van der Waals surface area contributed by atoms with Crippen LogP contribution >= 0.6 is 11.3 Å². The topological polar surface area (TPSA) is 68.3 Å². The second-order valence-electron chi connectivity index (χ2n) is 6.17. The highest BCUT2D eigenvalue weighted by atomic mass is 32.1. The van der Waals surface area contributed by atoms with Gasteiger partial charge in [0, 0.05) is 17.0 Å². The van der Waals surface area contributed by atoms with Crippen molar-refractivity contribution in [2.24, 2.45) is 0 Å². The normalized spacial score (nSPS) is 10.3. The van der Waals surface area contributed by atoms with Crippen molar-refractivity contribution in [2.45, 2.75) is 34.6 Å². The quantitative estimate of drug-likeness (QED) is 0.643. The lowest BCUT2D eigenvalue weighted by molar-refractivity contribution is -0.142. The smallest absolute Gasteiger partial charge is 0.331 e. The Balaban J connectivity index is 2.02. The summed E-state index contributed by atoms with van der Waals surface area (Å²) >= 11 is 1.34. The summed E-state index contributed by atoms with van der Waals surface area (Å²) in [4.78, 5) is 27.7. The molecule has 0 spiro atoms. The molecule has 0 saturated carbocycles. The van der Waals surface area contributed by atoms with E-state index < -0.39 is 11.9 Å². The third kappa shape index (κ3) is 5.26. The van der Waals surface area contributed by atoms with Crippen molar-refractivity contribution in [2.75, 3.05) is 11.9 Å². The standard InChI is InChI=1S/C19H22N2O3S/c1-11(2)6-18(23)24-9-17(22)21-19-20-16(10-25-19)15-8-13(4)12(3)7-14(15)5/h6-8,10H,9H2,1-5H3,(H,20,21,22). The third-order valence-corrected chi connectivity index (χ3v) is 4.38. The molecule has 0 fully saturated rings. The summed E-state index contributed by atoms with van der Waals surface area (Å²) in [5.41, 5.74) is 6.27. The minimum atomic E-state index is -0.527. The van der Waals surface area contributed by atoms with Crippen LogP contribution in [-0.2, 0) is 14.3 Å². The van der Waals surface area contributed by atoms with Gasteiger partial charge in [-0.25, -0.2) is 9.78 Å². The molecule has 2 aromatic rings. The maximum Gasteiger partial charge on any atom is 0.331 e. The summed E-state index contributed by atoms with van der Waals surface area (Å²) in [5, 5.41) is 5.04. The van der Waals surface area contributed by atoms with E-state index in [-0.39, 0.29) is 6.61 Å². The van der Waals surface area contributed by atoms with Gasteiger partial charge in [0.1, 0.15) is 0 Å². The molecule has 0 aliphatic heterocycles. The number of benzene rings is 1. The molecule has 1 aromatic heterocycles. The van der Waals surface area contributed by atoms with E-state index >= 15 is 0 Å². The van der Waals surface area contributed by atoms with Gasteiger partial charge in [-0.2, -0.15) is 0 Å². The van der Waals surface area contributed by atoms with Gasteiger partial charge in [-0.05, 0) is 57.4 Å². The summed E-state index contributed by atoms with van der Waals surface area (Å²) in [6, 6.07) is 4.23. The van der Waals surface area contributed by atoms with E-state index in [2.05, 4.69) is 36.3 Å². The van der Waals surface area contributed by atoms with E-state index in [1.165, 1.54) is 28.5 Å². The van der Waals surface area contributed by atoms with E-state index in [1.807, 2.05) is 12.3 Å².